The first-order chi connectivity index (χ1) is 11.5. The van der Waals surface area contributed by atoms with Gasteiger partial charge < -0.3 is 20.4 Å². The summed E-state index contributed by atoms with van der Waals surface area (Å²) in [5.41, 5.74) is 6.81. The fraction of sp³-hybridized carbons (Fsp3) is 0.333. The molecule has 126 valence electrons. The molecule has 1 aromatic carbocycles. The number of nitrogen functional groups attached to an aromatic ring is 1. The highest BCUT2D eigenvalue weighted by Crippen LogP contribution is 2.24. The van der Waals surface area contributed by atoms with Gasteiger partial charge in [-0.15, -0.1) is 0 Å². The Hall–Kier alpha value is -2.76. The summed E-state index contributed by atoms with van der Waals surface area (Å²) in [4.78, 5) is 28.9. The van der Waals surface area contributed by atoms with Crippen LogP contribution in [0.4, 0.5) is 5.69 Å². The standard InChI is InChI=1S/C18H21N3O3/c1-12-6-7-14(24-17-10-13(22)8-9-20-17)11-21(12)18(23)15-4-2-3-5-16(15)19/h2-5,8-10,12,14H,6-7,11,19H2,1H3,(H,20,22)/t12-,14-/m1/s1. The Morgan fingerprint density at radius 2 is 2.08 bits per heavy atom. The van der Waals surface area contributed by atoms with Gasteiger partial charge in [0.1, 0.15) is 6.10 Å². The Morgan fingerprint density at radius 1 is 1.29 bits per heavy atom. The van der Waals surface area contributed by atoms with Crippen LogP contribution in [0.15, 0.2) is 47.4 Å². The second kappa shape index (κ2) is 6.78. The average molecular weight is 327 g/mol. The molecule has 0 radical (unpaired) electrons. The number of ether oxygens (including phenoxy) is 1. The molecular weight excluding hydrogens is 306 g/mol. The molecule has 0 spiro atoms. The third kappa shape index (κ3) is 3.42. The zero-order valence-corrected chi connectivity index (χ0v) is 13.6. The van der Waals surface area contributed by atoms with Crippen molar-refractivity contribution in [1.82, 2.24) is 9.88 Å². The second-order valence-corrected chi connectivity index (χ2v) is 6.10. The number of carbonyl (C=O) groups is 1. The van der Waals surface area contributed by atoms with E-state index >= 15 is 0 Å². The van der Waals surface area contributed by atoms with E-state index in [2.05, 4.69) is 4.98 Å². The Labute approximate surface area is 140 Å². The number of nitrogens with one attached hydrogen (secondary N) is 1. The van der Waals surface area contributed by atoms with Gasteiger partial charge in [-0.3, -0.25) is 9.59 Å². The van der Waals surface area contributed by atoms with Crippen molar-refractivity contribution in [2.75, 3.05) is 12.3 Å². The van der Waals surface area contributed by atoms with E-state index in [0.29, 0.717) is 23.7 Å². The molecule has 1 saturated heterocycles. The smallest absolute Gasteiger partial charge is 0.256 e. The van der Waals surface area contributed by atoms with E-state index in [1.807, 2.05) is 13.0 Å². The molecule has 1 amide bonds. The van der Waals surface area contributed by atoms with Crippen LogP contribution in [0.2, 0.25) is 0 Å². The molecule has 0 unspecified atom stereocenters. The number of nitrogens with zero attached hydrogens (tertiary/aromatic N) is 1. The van der Waals surface area contributed by atoms with E-state index in [4.69, 9.17) is 10.5 Å². The van der Waals surface area contributed by atoms with Crippen molar-refractivity contribution in [2.24, 2.45) is 0 Å². The summed E-state index contributed by atoms with van der Waals surface area (Å²) >= 11 is 0. The molecule has 1 aliphatic rings. The van der Waals surface area contributed by atoms with Crippen LogP contribution >= 0.6 is 0 Å². The number of nitrogens with two attached hydrogens (primary N) is 1. The fourth-order valence-electron chi connectivity index (χ4n) is 2.97. The van der Waals surface area contributed by atoms with Gasteiger partial charge in [0, 0.05) is 30.1 Å². The molecule has 24 heavy (non-hydrogen) atoms. The van der Waals surface area contributed by atoms with Crippen LogP contribution in [0.25, 0.3) is 0 Å². The molecule has 1 aromatic heterocycles. The minimum atomic E-state index is -0.159. The van der Waals surface area contributed by atoms with Crippen molar-refractivity contribution in [3.63, 3.8) is 0 Å². The number of para-hydroxylation sites is 1. The molecule has 0 bridgehead atoms. The summed E-state index contributed by atoms with van der Waals surface area (Å²) in [5.74, 6) is 0.337. The van der Waals surface area contributed by atoms with Gasteiger partial charge in [0.05, 0.1) is 12.1 Å². The number of carbonyl (C=O) groups excluding carboxylic acids is 1. The van der Waals surface area contributed by atoms with E-state index < -0.39 is 0 Å². The van der Waals surface area contributed by atoms with Crippen molar-refractivity contribution in [3.05, 3.63) is 58.4 Å². The number of H-pyrrole nitrogens is 1. The number of amides is 1. The maximum Gasteiger partial charge on any atom is 0.256 e. The van der Waals surface area contributed by atoms with Gasteiger partial charge in [0.15, 0.2) is 11.3 Å². The Bertz CT molecular complexity index is 787. The zero-order valence-electron chi connectivity index (χ0n) is 13.6. The number of rotatable bonds is 3. The number of piperidine rings is 1. The van der Waals surface area contributed by atoms with Crippen LogP contribution in [0, 0.1) is 0 Å². The maximum absolute atomic E-state index is 12.8. The lowest BCUT2D eigenvalue weighted by molar-refractivity contribution is 0.0373. The highest BCUT2D eigenvalue weighted by molar-refractivity contribution is 5.99. The van der Waals surface area contributed by atoms with Crippen molar-refractivity contribution >= 4 is 11.6 Å². The molecule has 3 rings (SSSR count). The summed E-state index contributed by atoms with van der Waals surface area (Å²) in [6.07, 6.45) is 3.05. The summed E-state index contributed by atoms with van der Waals surface area (Å²) in [5, 5.41) is 0. The summed E-state index contributed by atoms with van der Waals surface area (Å²) in [6, 6.07) is 10.0. The number of benzene rings is 1. The molecule has 2 heterocycles. The normalized spacial score (nSPS) is 20.6. The van der Waals surface area contributed by atoms with Crippen LogP contribution in [0.3, 0.4) is 0 Å². The summed E-state index contributed by atoms with van der Waals surface area (Å²) in [6.45, 7) is 2.49. The monoisotopic (exact) mass is 327 g/mol. The molecule has 0 saturated carbocycles. The molecule has 2 atom stereocenters. The first kappa shape index (κ1) is 16.1. The highest BCUT2D eigenvalue weighted by atomic mass is 16.5. The van der Waals surface area contributed by atoms with Crippen LogP contribution in [-0.4, -0.2) is 34.5 Å². The zero-order chi connectivity index (χ0) is 17.1. The number of pyridine rings is 1. The Kier molecular flexibility index (Phi) is 4.55. The lowest BCUT2D eigenvalue weighted by atomic mass is 9.99. The van der Waals surface area contributed by atoms with Gasteiger partial charge in [0.2, 0.25) is 0 Å². The van der Waals surface area contributed by atoms with Crippen LogP contribution in [0.5, 0.6) is 5.88 Å². The van der Waals surface area contributed by atoms with E-state index in [9.17, 15) is 9.59 Å². The molecule has 6 heteroatoms. The topological polar surface area (TPSA) is 88.4 Å². The number of anilines is 1. The van der Waals surface area contributed by atoms with Gasteiger partial charge in [-0.2, -0.15) is 0 Å². The van der Waals surface area contributed by atoms with Crippen LogP contribution < -0.4 is 15.9 Å². The van der Waals surface area contributed by atoms with E-state index in [0.717, 1.165) is 12.8 Å². The van der Waals surface area contributed by atoms with Crippen LogP contribution in [-0.2, 0) is 0 Å². The first-order valence-corrected chi connectivity index (χ1v) is 8.05. The number of hydrogen-bond acceptors (Lipinski definition) is 4. The maximum atomic E-state index is 12.8. The van der Waals surface area contributed by atoms with Gasteiger partial charge in [-0.1, -0.05) is 12.1 Å². The highest BCUT2D eigenvalue weighted by Gasteiger charge is 2.31. The molecular formula is C18H21N3O3. The molecule has 3 N–H and O–H groups in total. The number of hydrogen-bond donors (Lipinski definition) is 2. The van der Waals surface area contributed by atoms with Crippen molar-refractivity contribution in [3.8, 4) is 5.88 Å². The van der Waals surface area contributed by atoms with Crippen LogP contribution in [0.1, 0.15) is 30.1 Å². The quantitative estimate of drug-likeness (QED) is 0.844. The van der Waals surface area contributed by atoms with Crippen molar-refractivity contribution < 1.29 is 9.53 Å². The fourth-order valence-corrected chi connectivity index (χ4v) is 2.97. The van der Waals surface area contributed by atoms with Gasteiger partial charge in [-0.05, 0) is 31.9 Å². The lowest BCUT2D eigenvalue weighted by Gasteiger charge is -2.38. The van der Waals surface area contributed by atoms with E-state index in [-0.39, 0.29) is 23.5 Å². The van der Waals surface area contributed by atoms with Crippen molar-refractivity contribution in [1.29, 1.82) is 0 Å². The second-order valence-electron chi connectivity index (χ2n) is 6.10. The first-order valence-electron chi connectivity index (χ1n) is 8.05. The predicted molar refractivity (Wildman–Crippen MR) is 92.1 cm³/mol. The Balaban J connectivity index is 1.75. The van der Waals surface area contributed by atoms with Gasteiger partial charge in [-0.25, -0.2) is 0 Å². The number of aromatic amines is 1. The Morgan fingerprint density at radius 3 is 2.83 bits per heavy atom. The minimum absolute atomic E-state index is 0.0875. The van der Waals surface area contributed by atoms with E-state index in [1.54, 1.807) is 29.3 Å². The molecule has 1 fully saturated rings. The molecule has 1 aliphatic heterocycles. The summed E-state index contributed by atoms with van der Waals surface area (Å²) in [7, 11) is 0. The molecule has 2 aromatic rings. The lowest BCUT2D eigenvalue weighted by Crippen LogP contribution is -2.49. The summed E-state index contributed by atoms with van der Waals surface area (Å²) < 4.78 is 5.85. The minimum Gasteiger partial charge on any atom is -0.474 e. The SMILES string of the molecule is C[C@@H]1CC[C@@H](Oc2cc(=O)cc[nH]2)CN1C(=O)c1ccccc1N. The predicted octanol–water partition coefficient (Wildman–Crippen LogP) is 2.03. The number of likely N-dealkylation sites (tertiary alicyclic amines) is 1. The van der Waals surface area contributed by atoms with E-state index in [1.165, 1.54) is 12.1 Å². The third-order valence-corrected chi connectivity index (χ3v) is 4.33. The molecule has 6 nitrogen and oxygen atoms in total. The van der Waals surface area contributed by atoms with Crippen molar-refractivity contribution in [2.45, 2.75) is 31.9 Å². The van der Waals surface area contributed by atoms with Gasteiger partial charge >= 0.3 is 0 Å². The largest absolute Gasteiger partial charge is 0.474 e. The average Bonchev–Trinajstić information content (AvgIpc) is 2.56. The molecule has 0 aliphatic carbocycles. The third-order valence-electron chi connectivity index (χ3n) is 4.33. The number of aromatic nitrogens is 1. The van der Waals surface area contributed by atoms with Gasteiger partial charge in [0.25, 0.3) is 5.91 Å².